The first-order valence-electron chi connectivity index (χ1n) is 7.19. The molecule has 1 aromatic carbocycles. The van der Waals surface area contributed by atoms with Crippen LogP contribution in [0.4, 0.5) is 0 Å². The molecule has 22 heavy (non-hydrogen) atoms. The monoisotopic (exact) mass is 317 g/mol. The van der Waals surface area contributed by atoms with Gasteiger partial charge in [-0.1, -0.05) is 23.9 Å². The van der Waals surface area contributed by atoms with Gasteiger partial charge in [-0.3, -0.25) is 0 Å². The number of para-hydroxylation sites is 2. The van der Waals surface area contributed by atoms with Crippen molar-refractivity contribution in [2.45, 2.75) is 31.3 Å². The molecule has 2 aromatic heterocycles. The Hall–Kier alpha value is -1.79. The maximum Gasteiger partial charge on any atom is 0.205 e. The van der Waals surface area contributed by atoms with Crippen LogP contribution in [0.25, 0.3) is 11.1 Å². The van der Waals surface area contributed by atoms with Crippen molar-refractivity contribution in [2.24, 2.45) is 0 Å². The summed E-state index contributed by atoms with van der Waals surface area (Å²) >= 11 is 1.64. The standard InChI is InChI=1S/C16H19N3O2S/c1-11-12(2)19(8-9-20-3)16(17-11)22-10-15-18-13-6-4-5-7-14(13)21-15/h4-7H,8-10H2,1-3H3. The van der Waals surface area contributed by atoms with Gasteiger partial charge in [-0.05, 0) is 26.0 Å². The van der Waals surface area contributed by atoms with E-state index < -0.39 is 0 Å². The van der Waals surface area contributed by atoms with Crippen molar-refractivity contribution in [3.8, 4) is 0 Å². The van der Waals surface area contributed by atoms with E-state index in [-0.39, 0.29) is 0 Å². The number of aryl methyl sites for hydroxylation is 1. The van der Waals surface area contributed by atoms with E-state index in [1.807, 2.05) is 31.2 Å². The van der Waals surface area contributed by atoms with Gasteiger partial charge in [0.2, 0.25) is 5.89 Å². The number of imidazole rings is 1. The third-order valence-corrected chi connectivity index (χ3v) is 4.57. The van der Waals surface area contributed by atoms with Crippen molar-refractivity contribution in [1.29, 1.82) is 0 Å². The number of nitrogens with zero attached hydrogens (tertiary/aromatic N) is 3. The van der Waals surface area contributed by atoms with Gasteiger partial charge in [-0.2, -0.15) is 0 Å². The van der Waals surface area contributed by atoms with E-state index in [4.69, 9.17) is 9.15 Å². The van der Waals surface area contributed by atoms with E-state index in [0.29, 0.717) is 12.4 Å². The van der Waals surface area contributed by atoms with Crippen molar-refractivity contribution in [3.05, 3.63) is 41.5 Å². The van der Waals surface area contributed by atoms with E-state index in [1.165, 1.54) is 5.69 Å². The molecule has 0 unspecified atom stereocenters. The fourth-order valence-corrected chi connectivity index (χ4v) is 3.25. The Labute approximate surface area is 133 Å². The van der Waals surface area contributed by atoms with Gasteiger partial charge in [0.05, 0.1) is 18.1 Å². The normalized spacial score (nSPS) is 11.4. The summed E-state index contributed by atoms with van der Waals surface area (Å²) in [4.78, 5) is 9.13. The summed E-state index contributed by atoms with van der Waals surface area (Å²) in [6, 6.07) is 7.81. The third-order valence-electron chi connectivity index (χ3n) is 3.60. The van der Waals surface area contributed by atoms with Crippen LogP contribution in [0.2, 0.25) is 0 Å². The van der Waals surface area contributed by atoms with Crippen LogP contribution in [0.15, 0.2) is 33.8 Å². The molecule has 0 amide bonds. The zero-order valence-corrected chi connectivity index (χ0v) is 13.8. The molecule has 0 atom stereocenters. The number of hydrogen-bond donors (Lipinski definition) is 0. The largest absolute Gasteiger partial charge is 0.440 e. The highest BCUT2D eigenvalue weighted by molar-refractivity contribution is 7.98. The molecule has 0 saturated heterocycles. The molecular formula is C16H19N3O2S. The molecule has 6 heteroatoms. The molecule has 0 bridgehead atoms. The highest BCUT2D eigenvalue weighted by atomic mass is 32.2. The molecular weight excluding hydrogens is 298 g/mol. The van der Waals surface area contributed by atoms with Crippen LogP contribution in [0.1, 0.15) is 17.3 Å². The lowest BCUT2D eigenvalue weighted by molar-refractivity contribution is 0.184. The highest BCUT2D eigenvalue weighted by Gasteiger charge is 2.13. The molecule has 0 aliphatic carbocycles. The van der Waals surface area contributed by atoms with Crippen LogP contribution in [-0.2, 0) is 17.0 Å². The van der Waals surface area contributed by atoms with Gasteiger partial charge in [0, 0.05) is 19.3 Å². The topological polar surface area (TPSA) is 53.1 Å². The first-order chi connectivity index (χ1) is 10.7. The summed E-state index contributed by atoms with van der Waals surface area (Å²) in [6.07, 6.45) is 0. The van der Waals surface area contributed by atoms with Crippen molar-refractivity contribution < 1.29 is 9.15 Å². The molecule has 0 aliphatic heterocycles. The molecule has 116 valence electrons. The van der Waals surface area contributed by atoms with Crippen LogP contribution >= 0.6 is 11.8 Å². The van der Waals surface area contributed by atoms with Gasteiger partial charge in [0.15, 0.2) is 10.7 Å². The summed E-state index contributed by atoms with van der Waals surface area (Å²) in [5, 5.41) is 0.981. The first kappa shape index (κ1) is 15.1. The number of aromatic nitrogens is 3. The van der Waals surface area contributed by atoms with Crippen molar-refractivity contribution >= 4 is 22.9 Å². The Balaban J connectivity index is 1.76. The van der Waals surface area contributed by atoms with Gasteiger partial charge in [0.25, 0.3) is 0 Å². The Morgan fingerprint density at radius 3 is 2.82 bits per heavy atom. The van der Waals surface area contributed by atoms with Gasteiger partial charge in [-0.25, -0.2) is 9.97 Å². The minimum atomic E-state index is 0.664. The summed E-state index contributed by atoms with van der Waals surface area (Å²) in [5.74, 6) is 1.39. The minimum Gasteiger partial charge on any atom is -0.440 e. The van der Waals surface area contributed by atoms with Gasteiger partial charge >= 0.3 is 0 Å². The number of thioether (sulfide) groups is 1. The minimum absolute atomic E-state index is 0.664. The number of methoxy groups -OCH3 is 1. The lowest BCUT2D eigenvalue weighted by Crippen LogP contribution is -2.07. The Morgan fingerprint density at radius 2 is 2.05 bits per heavy atom. The second-order valence-corrected chi connectivity index (χ2v) is 6.02. The van der Waals surface area contributed by atoms with Gasteiger partial charge in [0.1, 0.15) is 5.52 Å². The molecule has 5 nitrogen and oxygen atoms in total. The van der Waals surface area contributed by atoms with E-state index in [0.717, 1.165) is 34.4 Å². The summed E-state index contributed by atoms with van der Waals surface area (Å²) < 4.78 is 13.1. The summed E-state index contributed by atoms with van der Waals surface area (Å²) in [7, 11) is 1.71. The second kappa shape index (κ2) is 6.54. The average molecular weight is 317 g/mol. The van der Waals surface area contributed by atoms with Crippen LogP contribution < -0.4 is 0 Å². The molecule has 0 N–H and O–H groups in total. The molecule has 0 fully saturated rings. The predicted molar refractivity (Wildman–Crippen MR) is 87.1 cm³/mol. The lowest BCUT2D eigenvalue weighted by Gasteiger charge is -2.08. The molecule has 0 aliphatic rings. The molecule has 3 aromatic rings. The van der Waals surface area contributed by atoms with E-state index in [9.17, 15) is 0 Å². The van der Waals surface area contributed by atoms with Crippen LogP contribution in [-0.4, -0.2) is 28.3 Å². The van der Waals surface area contributed by atoms with Crippen LogP contribution in [0.5, 0.6) is 0 Å². The summed E-state index contributed by atoms with van der Waals surface area (Å²) in [5.41, 5.74) is 3.95. The number of oxazole rings is 1. The van der Waals surface area contributed by atoms with E-state index >= 15 is 0 Å². The predicted octanol–water partition coefficient (Wildman–Crippen LogP) is 3.58. The molecule has 0 spiro atoms. The second-order valence-electron chi connectivity index (χ2n) is 5.07. The number of hydrogen-bond acceptors (Lipinski definition) is 5. The van der Waals surface area contributed by atoms with Crippen molar-refractivity contribution in [1.82, 2.24) is 14.5 Å². The first-order valence-corrected chi connectivity index (χ1v) is 8.17. The Morgan fingerprint density at radius 1 is 1.23 bits per heavy atom. The van der Waals surface area contributed by atoms with Gasteiger partial charge < -0.3 is 13.7 Å². The quantitative estimate of drug-likeness (QED) is 0.650. The maximum atomic E-state index is 5.75. The molecule has 0 saturated carbocycles. The average Bonchev–Trinajstić information content (AvgIpc) is 3.05. The Bertz CT molecular complexity index is 746. The number of benzene rings is 1. The molecule has 3 rings (SSSR count). The fourth-order valence-electron chi connectivity index (χ4n) is 2.29. The third kappa shape index (κ3) is 3.03. The smallest absolute Gasteiger partial charge is 0.205 e. The number of ether oxygens (including phenoxy) is 1. The maximum absolute atomic E-state index is 5.75. The van der Waals surface area contributed by atoms with Crippen LogP contribution in [0, 0.1) is 13.8 Å². The number of fused-ring (bicyclic) bond motifs is 1. The Kier molecular flexibility index (Phi) is 4.49. The highest BCUT2D eigenvalue weighted by Crippen LogP contribution is 2.26. The van der Waals surface area contributed by atoms with Crippen LogP contribution in [0.3, 0.4) is 0 Å². The summed E-state index contributed by atoms with van der Waals surface area (Å²) in [6.45, 7) is 5.59. The van der Waals surface area contributed by atoms with Crippen molar-refractivity contribution in [2.75, 3.05) is 13.7 Å². The zero-order chi connectivity index (χ0) is 15.5. The SMILES string of the molecule is COCCn1c(SCc2nc3ccccc3o2)nc(C)c1C. The molecule has 2 heterocycles. The van der Waals surface area contributed by atoms with E-state index in [1.54, 1.807) is 18.9 Å². The van der Waals surface area contributed by atoms with Gasteiger partial charge in [-0.15, -0.1) is 0 Å². The molecule has 0 radical (unpaired) electrons. The fraction of sp³-hybridized carbons (Fsp3) is 0.375. The van der Waals surface area contributed by atoms with Crippen molar-refractivity contribution in [3.63, 3.8) is 0 Å². The zero-order valence-electron chi connectivity index (χ0n) is 13.0. The lowest BCUT2D eigenvalue weighted by atomic mass is 10.3. The number of rotatable bonds is 6. The van der Waals surface area contributed by atoms with E-state index in [2.05, 4.69) is 21.5 Å².